The van der Waals surface area contributed by atoms with Gasteiger partial charge in [0.05, 0.1) is 29.1 Å². The lowest BCUT2D eigenvalue weighted by Crippen LogP contribution is -2.28. The van der Waals surface area contributed by atoms with Crippen LogP contribution in [0.4, 0.5) is 4.79 Å². The number of thioether (sulfide) groups is 1. The Bertz CT molecular complexity index is 1120. The lowest BCUT2D eigenvalue weighted by Gasteiger charge is -2.14. The lowest BCUT2D eigenvalue weighted by molar-refractivity contribution is -0.122. The molecule has 2 aromatic carbocycles. The molecule has 0 saturated carbocycles. The number of halogens is 1. The van der Waals surface area contributed by atoms with Crippen LogP contribution < -0.4 is 9.47 Å². The highest BCUT2D eigenvalue weighted by Gasteiger charge is 2.34. The summed E-state index contributed by atoms with van der Waals surface area (Å²) in [5.41, 5.74) is 1.47. The number of hydrogen-bond donors (Lipinski definition) is 1. The molecule has 1 aliphatic heterocycles. The number of imide groups is 1. The first-order valence-corrected chi connectivity index (χ1v) is 10.0. The molecule has 2 amide bonds. The van der Waals surface area contributed by atoms with Crippen LogP contribution in [0.5, 0.6) is 11.5 Å². The van der Waals surface area contributed by atoms with Gasteiger partial charge in [-0.2, -0.15) is 0 Å². The summed E-state index contributed by atoms with van der Waals surface area (Å²) in [5, 5.41) is 8.78. The highest BCUT2D eigenvalue weighted by Crippen LogP contribution is 2.39. The quantitative estimate of drug-likeness (QED) is 0.489. The maximum atomic E-state index is 12.3. The fourth-order valence-electron chi connectivity index (χ4n) is 2.74. The second-order valence-corrected chi connectivity index (χ2v) is 7.70. The van der Waals surface area contributed by atoms with Crippen LogP contribution in [-0.4, -0.2) is 40.8 Å². The molecule has 3 rings (SSSR count). The van der Waals surface area contributed by atoms with Crippen LogP contribution in [-0.2, 0) is 11.4 Å². The second-order valence-electron chi connectivity index (χ2n) is 6.30. The van der Waals surface area contributed by atoms with Gasteiger partial charge in [-0.25, -0.2) is 4.79 Å². The molecule has 2 aromatic rings. The van der Waals surface area contributed by atoms with Gasteiger partial charge in [0.25, 0.3) is 11.1 Å². The normalized spacial score (nSPS) is 14.6. The molecule has 0 bridgehead atoms. The fourth-order valence-corrected chi connectivity index (χ4v) is 3.85. The average molecular weight is 458 g/mol. The number of carboxylic acid groups (broad SMARTS) is 1. The third-order valence-electron chi connectivity index (χ3n) is 4.26. The Balaban J connectivity index is 1.80. The summed E-state index contributed by atoms with van der Waals surface area (Å²) in [6, 6.07) is 9.47. The molecule has 7 nitrogen and oxygen atoms in total. The number of methoxy groups -OCH3 is 1. The zero-order valence-corrected chi connectivity index (χ0v) is 17.8. The van der Waals surface area contributed by atoms with E-state index in [1.807, 2.05) is 0 Å². The Morgan fingerprint density at radius 1 is 1.29 bits per heavy atom. The number of carboxylic acids is 1. The molecule has 0 spiro atoms. The zero-order chi connectivity index (χ0) is 22.5. The van der Waals surface area contributed by atoms with Gasteiger partial charge in [-0.15, -0.1) is 6.42 Å². The molecule has 31 heavy (non-hydrogen) atoms. The van der Waals surface area contributed by atoms with Crippen LogP contribution in [0.3, 0.4) is 0 Å². The summed E-state index contributed by atoms with van der Waals surface area (Å²) in [5.74, 6) is 1.44. The molecule has 0 aliphatic carbocycles. The maximum Gasteiger partial charge on any atom is 0.335 e. The minimum Gasteiger partial charge on any atom is -0.493 e. The zero-order valence-electron chi connectivity index (χ0n) is 16.3. The van der Waals surface area contributed by atoms with Crippen LogP contribution >= 0.6 is 23.4 Å². The van der Waals surface area contributed by atoms with Gasteiger partial charge in [-0.1, -0.05) is 29.7 Å². The number of ether oxygens (including phenoxy) is 2. The van der Waals surface area contributed by atoms with Crippen molar-refractivity contribution >= 4 is 46.6 Å². The second kappa shape index (κ2) is 9.60. The van der Waals surface area contributed by atoms with Crippen LogP contribution in [0.25, 0.3) is 6.08 Å². The van der Waals surface area contributed by atoms with Gasteiger partial charge in [0.1, 0.15) is 6.61 Å². The average Bonchev–Trinajstić information content (AvgIpc) is 3.00. The largest absolute Gasteiger partial charge is 0.493 e. The van der Waals surface area contributed by atoms with E-state index in [9.17, 15) is 14.4 Å². The minimum atomic E-state index is -1.01. The molecule has 1 fully saturated rings. The Labute approximate surface area is 187 Å². The van der Waals surface area contributed by atoms with E-state index in [1.54, 1.807) is 24.3 Å². The topological polar surface area (TPSA) is 93.1 Å². The summed E-state index contributed by atoms with van der Waals surface area (Å²) >= 11 is 7.16. The number of carbonyl (C=O) groups is 3. The monoisotopic (exact) mass is 457 g/mol. The molecule has 158 valence electrons. The molecule has 9 heteroatoms. The van der Waals surface area contributed by atoms with E-state index in [-0.39, 0.29) is 28.6 Å². The first-order chi connectivity index (χ1) is 14.8. The van der Waals surface area contributed by atoms with E-state index in [0.29, 0.717) is 17.1 Å². The first kappa shape index (κ1) is 22.3. The predicted molar refractivity (Wildman–Crippen MR) is 117 cm³/mol. The molecule has 0 atom stereocenters. The number of terminal acetylenes is 1. The van der Waals surface area contributed by atoms with Gasteiger partial charge < -0.3 is 14.6 Å². The van der Waals surface area contributed by atoms with Crippen molar-refractivity contribution in [2.24, 2.45) is 0 Å². The van der Waals surface area contributed by atoms with Crippen molar-refractivity contribution in [2.75, 3.05) is 13.7 Å². The Kier molecular flexibility index (Phi) is 6.90. The summed E-state index contributed by atoms with van der Waals surface area (Å²) in [6.45, 7) is 0.0482. The van der Waals surface area contributed by atoms with Crippen molar-refractivity contribution in [3.05, 3.63) is 63.0 Å². The van der Waals surface area contributed by atoms with Crippen LogP contribution in [0.2, 0.25) is 5.02 Å². The van der Waals surface area contributed by atoms with E-state index in [4.69, 9.17) is 32.6 Å². The van der Waals surface area contributed by atoms with E-state index < -0.39 is 17.1 Å². The molecular weight excluding hydrogens is 442 g/mol. The number of amides is 2. The van der Waals surface area contributed by atoms with Crippen molar-refractivity contribution in [3.8, 4) is 23.8 Å². The number of nitrogens with zero attached hydrogens (tertiary/aromatic N) is 1. The van der Waals surface area contributed by atoms with Gasteiger partial charge >= 0.3 is 5.97 Å². The first-order valence-electron chi connectivity index (χ1n) is 8.85. The highest BCUT2D eigenvalue weighted by molar-refractivity contribution is 8.18. The van der Waals surface area contributed by atoms with E-state index >= 15 is 0 Å². The molecule has 1 saturated heterocycles. The summed E-state index contributed by atoms with van der Waals surface area (Å²) in [4.78, 5) is 36.4. The predicted octanol–water partition coefficient (Wildman–Crippen LogP) is 4.30. The highest BCUT2D eigenvalue weighted by atomic mass is 35.5. The molecule has 0 radical (unpaired) electrons. The number of hydrogen-bond acceptors (Lipinski definition) is 6. The molecule has 1 aliphatic rings. The van der Waals surface area contributed by atoms with Gasteiger partial charge in [0.2, 0.25) is 0 Å². The van der Waals surface area contributed by atoms with E-state index in [2.05, 4.69) is 5.92 Å². The van der Waals surface area contributed by atoms with Gasteiger partial charge in [0, 0.05) is 0 Å². The minimum absolute atomic E-state index is 0.0910. The number of benzene rings is 2. The third-order valence-corrected chi connectivity index (χ3v) is 5.44. The van der Waals surface area contributed by atoms with Crippen molar-refractivity contribution in [3.63, 3.8) is 0 Å². The van der Waals surface area contributed by atoms with Gasteiger partial charge in [-0.05, 0) is 53.2 Å². The van der Waals surface area contributed by atoms with Crippen molar-refractivity contribution < 1.29 is 29.0 Å². The summed E-state index contributed by atoms with van der Waals surface area (Å²) in [6.07, 6.45) is 6.73. The van der Waals surface area contributed by atoms with E-state index in [0.717, 1.165) is 22.2 Å². The smallest absolute Gasteiger partial charge is 0.335 e. The number of rotatable bonds is 7. The SMILES string of the molecule is C#CCN1C(=O)SC(=Cc2cc(Cl)c(OCc3ccc(C(=O)O)cc3)c(OC)c2)C1=O. The Morgan fingerprint density at radius 3 is 2.61 bits per heavy atom. The van der Waals surface area contributed by atoms with Gasteiger partial charge in [-0.3, -0.25) is 14.5 Å². The molecule has 1 N–H and O–H groups in total. The van der Waals surface area contributed by atoms with Crippen molar-refractivity contribution in [1.82, 2.24) is 4.90 Å². The summed E-state index contributed by atoms with van der Waals surface area (Å²) in [7, 11) is 1.45. The maximum absolute atomic E-state index is 12.3. The number of aromatic carboxylic acids is 1. The van der Waals surface area contributed by atoms with Crippen molar-refractivity contribution in [2.45, 2.75) is 6.61 Å². The summed E-state index contributed by atoms with van der Waals surface area (Å²) < 4.78 is 11.1. The van der Waals surface area contributed by atoms with Crippen molar-refractivity contribution in [1.29, 1.82) is 0 Å². The van der Waals surface area contributed by atoms with Crippen LogP contribution in [0.1, 0.15) is 21.5 Å². The Hall–Kier alpha value is -3.41. The molecule has 0 unspecified atom stereocenters. The van der Waals surface area contributed by atoms with Crippen LogP contribution in [0.15, 0.2) is 41.3 Å². The molecule has 1 heterocycles. The van der Waals surface area contributed by atoms with Gasteiger partial charge in [0.15, 0.2) is 11.5 Å². The molecule has 0 aromatic heterocycles. The Morgan fingerprint density at radius 2 is 2.00 bits per heavy atom. The molecular formula is C22H16ClNO6S. The third kappa shape index (κ3) is 5.02. The fraction of sp³-hybridized carbons (Fsp3) is 0.136. The standard InChI is InChI=1S/C22H16ClNO6S/c1-3-8-24-20(25)18(31-22(24)28)11-14-9-16(23)19(17(10-14)29-2)30-12-13-4-6-15(7-5-13)21(26)27/h1,4-7,9-11H,8,12H2,2H3,(H,26,27). The lowest BCUT2D eigenvalue weighted by atomic mass is 10.1. The van der Waals surface area contributed by atoms with Crippen LogP contribution in [0, 0.1) is 12.3 Å². The number of carbonyl (C=O) groups excluding carboxylic acids is 2. The van der Waals surface area contributed by atoms with E-state index in [1.165, 1.54) is 25.3 Å².